The summed E-state index contributed by atoms with van der Waals surface area (Å²) in [6.45, 7) is 5.02. The first-order valence-corrected chi connectivity index (χ1v) is 10.00. The second kappa shape index (κ2) is 8.00. The van der Waals surface area contributed by atoms with Crippen molar-refractivity contribution in [1.82, 2.24) is 4.90 Å². The van der Waals surface area contributed by atoms with Gasteiger partial charge in [-0.1, -0.05) is 30.0 Å². The number of hydrogen-bond acceptors (Lipinski definition) is 5. The molecule has 2 heterocycles. The monoisotopic (exact) mass is 432 g/mol. The molecule has 1 aromatic carbocycles. The topological polar surface area (TPSA) is 49.9 Å². The molecule has 0 N–H and O–H groups in total. The number of anilines is 1. The maximum Gasteiger partial charge on any atom is 0.416 e. The van der Waals surface area contributed by atoms with Crippen LogP contribution in [0.4, 0.5) is 18.9 Å². The third-order valence-electron chi connectivity index (χ3n) is 4.46. The number of imide groups is 1. The Balaban J connectivity index is 1.73. The van der Waals surface area contributed by atoms with Crippen LogP contribution in [-0.2, 0) is 20.5 Å². The Bertz CT molecular complexity index is 793. The summed E-state index contributed by atoms with van der Waals surface area (Å²) in [6, 6.07) is 4.21. The van der Waals surface area contributed by atoms with Gasteiger partial charge in [0.2, 0.25) is 11.8 Å². The van der Waals surface area contributed by atoms with E-state index in [1.165, 1.54) is 12.1 Å². The molecule has 3 atom stereocenters. The second-order valence-corrected chi connectivity index (χ2v) is 8.69. The summed E-state index contributed by atoms with van der Waals surface area (Å²) in [4.78, 5) is 27.8. The van der Waals surface area contributed by atoms with Crippen molar-refractivity contribution >= 4 is 45.8 Å². The molecule has 0 aliphatic carbocycles. The van der Waals surface area contributed by atoms with Gasteiger partial charge in [0.1, 0.15) is 9.57 Å². The van der Waals surface area contributed by atoms with Crippen molar-refractivity contribution in [1.29, 1.82) is 0 Å². The molecule has 0 spiro atoms. The van der Waals surface area contributed by atoms with Gasteiger partial charge in [-0.3, -0.25) is 9.59 Å². The van der Waals surface area contributed by atoms with E-state index in [1.807, 2.05) is 18.7 Å². The van der Waals surface area contributed by atoms with Crippen molar-refractivity contribution in [2.45, 2.75) is 43.9 Å². The highest BCUT2D eigenvalue weighted by molar-refractivity contribution is 8.23. The number of thioether (sulfide) groups is 1. The molecule has 2 saturated heterocycles. The largest absolute Gasteiger partial charge is 0.416 e. The van der Waals surface area contributed by atoms with Crippen LogP contribution in [0.25, 0.3) is 0 Å². The highest BCUT2D eigenvalue weighted by Gasteiger charge is 2.42. The standard InChI is InChI=1S/C18H19F3N2O3S2/c1-10-8-22(9-11(2)26-10)17(27)28-14-7-15(24)23(16(14)25)13-5-3-4-12(6-13)18(19,20)21/h3-6,10-11,14H,7-9H2,1-2H3/t10-,11+,14-/m0/s1. The van der Waals surface area contributed by atoms with Crippen LogP contribution < -0.4 is 4.90 Å². The fourth-order valence-corrected chi connectivity index (χ4v) is 4.78. The molecule has 0 unspecified atom stereocenters. The number of thiocarbonyl (C=S) groups is 1. The molecular weight excluding hydrogens is 413 g/mol. The number of rotatable bonds is 2. The lowest BCUT2D eigenvalue weighted by Crippen LogP contribution is -2.47. The van der Waals surface area contributed by atoms with E-state index in [2.05, 4.69) is 0 Å². The highest BCUT2D eigenvalue weighted by atomic mass is 32.2. The van der Waals surface area contributed by atoms with Crippen LogP contribution in [0.5, 0.6) is 0 Å². The average Bonchev–Trinajstić information content (AvgIpc) is 2.87. The minimum Gasteiger partial charge on any atom is -0.372 e. The molecular formula is C18H19F3N2O3S2. The van der Waals surface area contributed by atoms with Crippen LogP contribution in [0.1, 0.15) is 25.8 Å². The zero-order valence-electron chi connectivity index (χ0n) is 15.2. The van der Waals surface area contributed by atoms with Crippen LogP contribution in [-0.4, -0.2) is 51.6 Å². The summed E-state index contributed by atoms with van der Waals surface area (Å²) in [5.41, 5.74) is -0.985. The number of nitrogens with zero attached hydrogens (tertiary/aromatic N) is 2. The normalized spacial score (nSPS) is 26.1. The lowest BCUT2D eigenvalue weighted by Gasteiger charge is -2.36. The number of morpholine rings is 1. The molecule has 0 saturated carbocycles. The van der Waals surface area contributed by atoms with E-state index < -0.39 is 28.8 Å². The fourth-order valence-electron chi connectivity index (χ4n) is 3.31. The van der Waals surface area contributed by atoms with Crippen LogP contribution in [0.2, 0.25) is 0 Å². The Morgan fingerprint density at radius 2 is 1.86 bits per heavy atom. The fraction of sp³-hybridized carbons (Fsp3) is 0.500. The summed E-state index contributed by atoms with van der Waals surface area (Å²) >= 11 is 6.54. The van der Waals surface area contributed by atoms with Gasteiger partial charge in [-0.2, -0.15) is 13.2 Å². The number of ether oxygens (including phenoxy) is 1. The van der Waals surface area contributed by atoms with Gasteiger partial charge in [0.05, 0.1) is 23.5 Å². The first-order valence-electron chi connectivity index (χ1n) is 8.71. The number of benzene rings is 1. The van der Waals surface area contributed by atoms with Crippen molar-refractivity contribution in [3.8, 4) is 0 Å². The molecule has 10 heteroatoms. The molecule has 0 radical (unpaired) electrons. The third kappa shape index (κ3) is 4.49. The van der Waals surface area contributed by atoms with Crippen molar-refractivity contribution < 1.29 is 27.5 Å². The van der Waals surface area contributed by atoms with E-state index in [0.29, 0.717) is 17.4 Å². The van der Waals surface area contributed by atoms with Gasteiger partial charge >= 0.3 is 6.18 Å². The summed E-state index contributed by atoms with van der Waals surface area (Å²) in [5.74, 6) is -1.08. The first kappa shape index (κ1) is 21.1. The van der Waals surface area contributed by atoms with Crippen LogP contribution in [0, 0.1) is 0 Å². The van der Waals surface area contributed by atoms with Crippen molar-refractivity contribution in [3.63, 3.8) is 0 Å². The Morgan fingerprint density at radius 1 is 1.21 bits per heavy atom. The minimum absolute atomic E-state index is 0.00943. The minimum atomic E-state index is -4.55. The van der Waals surface area contributed by atoms with E-state index >= 15 is 0 Å². The Hall–Kier alpha value is -1.65. The summed E-state index contributed by atoms with van der Waals surface area (Å²) in [6.07, 6.45) is -4.68. The number of hydrogen-bond donors (Lipinski definition) is 0. The zero-order chi connectivity index (χ0) is 20.6. The molecule has 28 heavy (non-hydrogen) atoms. The molecule has 2 aliphatic rings. The van der Waals surface area contributed by atoms with Gasteiger partial charge in [0.25, 0.3) is 0 Å². The van der Waals surface area contributed by atoms with Gasteiger partial charge in [0, 0.05) is 19.5 Å². The van der Waals surface area contributed by atoms with Gasteiger partial charge in [-0.05, 0) is 32.0 Å². The molecule has 1 aromatic rings. The molecule has 0 aromatic heterocycles. The summed E-state index contributed by atoms with van der Waals surface area (Å²) in [7, 11) is 0. The lowest BCUT2D eigenvalue weighted by atomic mass is 10.2. The van der Waals surface area contributed by atoms with Crippen molar-refractivity contribution in [2.75, 3.05) is 18.0 Å². The second-order valence-electron chi connectivity index (χ2n) is 6.85. The summed E-state index contributed by atoms with van der Waals surface area (Å²) in [5, 5.41) is -0.747. The Labute approximate surface area is 170 Å². The van der Waals surface area contributed by atoms with E-state index in [9.17, 15) is 22.8 Å². The van der Waals surface area contributed by atoms with E-state index in [4.69, 9.17) is 17.0 Å². The predicted octanol–water partition coefficient (Wildman–Crippen LogP) is 3.46. The first-order chi connectivity index (χ1) is 13.1. The van der Waals surface area contributed by atoms with Crippen molar-refractivity contribution in [2.24, 2.45) is 0 Å². The number of carbonyl (C=O) groups is 2. The van der Waals surface area contributed by atoms with E-state index in [-0.39, 0.29) is 24.3 Å². The van der Waals surface area contributed by atoms with Crippen molar-refractivity contribution in [3.05, 3.63) is 29.8 Å². The molecule has 2 aliphatic heterocycles. The lowest BCUT2D eigenvalue weighted by molar-refractivity contribution is -0.137. The molecule has 2 fully saturated rings. The van der Waals surface area contributed by atoms with E-state index in [0.717, 1.165) is 28.8 Å². The smallest absolute Gasteiger partial charge is 0.372 e. The molecule has 3 rings (SSSR count). The molecule has 2 amide bonds. The van der Waals surface area contributed by atoms with Crippen LogP contribution in [0.15, 0.2) is 24.3 Å². The SMILES string of the molecule is C[C@@H]1CN(C(=S)S[C@H]2CC(=O)N(c3cccc(C(F)(F)F)c3)C2=O)C[C@H](C)O1. The average molecular weight is 432 g/mol. The summed E-state index contributed by atoms with van der Waals surface area (Å²) < 4.78 is 45.0. The maximum absolute atomic E-state index is 12.9. The van der Waals surface area contributed by atoms with Gasteiger partial charge in [0.15, 0.2) is 0 Å². The quantitative estimate of drug-likeness (QED) is 0.527. The van der Waals surface area contributed by atoms with Gasteiger partial charge in [-0.15, -0.1) is 0 Å². The number of carbonyl (C=O) groups excluding carboxylic acids is 2. The molecule has 5 nitrogen and oxygen atoms in total. The highest BCUT2D eigenvalue weighted by Crippen LogP contribution is 2.35. The number of amides is 2. The predicted molar refractivity (Wildman–Crippen MR) is 104 cm³/mol. The van der Waals surface area contributed by atoms with Crippen LogP contribution >= 0.6 is 24.0 Å². The number of halogens is 3. The third-order valence-corrected chi connectivity index (χ3v) is 6.12. The Morgan fingerprint density at radius 3 is 2.46 bits per heavy atom. The molecule has 0 bridgehead atoms. The van der Waals surface area contributed by atoms with Gasteiger partial charge < -0.3 is 9.64 Å². The zero-order valence-corrected chi connectivity index (χ0v) is 16.9. The van der Waals surface area contributed by atoms with Gasteiger partial charge in [-0.25, -0.2) is 4.90 Å². The maximum atomic E-state index is 12.9. The Kier molecular flexibility index (Phi) is 6.02. The molecule has 152 valence electrons. The van der Waals surface area contributed by atoms with E-state index in [1.54, 1.807) is 0 Å². The van der Waals surface area contributed by atoms with Crippen LogP contribution in [0.3, 0.4) is 0 Å². The number of alkyl halides is 3.